The number of ether oxygens (including phenoxy) is 2. The topological polar surface area (TPSA) is 56.0 Å². The van der Waals surface area contributed by atoms with E-state index in [0.717, 1.165) is 16.0 Å². The largest absolute Gasteiger partial charge is 0.497 e. The molecule has 100 valence electrons. The molecule has 0 atom stereocenters. The molecular formula is C14H16N2O3. The molecule has 1 aromatic heterocycles. The summed E-state index contributed by atoms with van der Waals surface area (Å²) in [6, 6.07) is 11.0. The predicted molar refractivity (Wildman–Crippen MR) is 70.4 cm³/mol. The van der Waals surface area contributed by atoms with Crippen LogP contribution in [0.5, 0.6) is 11.5 Å². The molecule has 0 spiro atoms. The van der Waals surface area contributed by atoms with Gasteiger partial charge in [0.25, 0.3) is 0 Å². The minimum Gasteiger partial charge on any atom is -0.497 e. The fourth-order valence-electron chi connectivity index (χ4n) is 1.61. The van der Waals surface area contributed by atoms with Crippen LogP contribution in [0.15, 0.2) is 47.6 Å². The summed E-state index contributed by atoms with van der Waals surface area (Å²) in [7, 11) is 3.20. The molecule has 0 saturated carbocycles. The van der Waals surface area contributed by atoms with E-state index in [4.69, 9.17) is 9.47 Å². The number of hydrogen-bond donors (Lipinski definition) is 1. The number of rotatable bonds is 4. The van der Waals surface area contributed by atoms with Crippen LogP contribution >= 0.6 is 0 Å². The third-order valence-corrected chi connectivity index (χ3v) is 2.70. The first-order chi connectivity index (χ1) is 9.22. The summed E-state index contributed by atoms with van der Waals surface area (Å²) in [4.78, 5) is 4.33. The number of aromatic nitrogens is 1. The lowest BCUT2D eigenvalue weighted by atomic mass is 10.2. The molecule has 1 heterocycles. The van der Waals surface area contributed by atoms with E-state index in [1.54, 1.807) is 26.4 Å². The molecule has 0 aliphatic rings. The van der Waals surface area contributed by atoms with Crippen molar-refractivity contribution in [1.82, 2.24) is 4.73 Å². The van der Waals surface area contributed by atoms with Gasteiger partial charge in [-0.1, -0.05) is 12.1 Å². The summed E-state index contributed by atoms with van der Waals surface area (Å²) in [5.74, 6) is 1.46. The van der Waals surface area contributed by atoms with Crippen LogP contribution in [0.2, 0.25) is 0 Å². The quantitative estimate of drug-likeness (QED) is 0.853. The zero-order valence-corrected chi connectivity index (χ0v) is 10.9. The lowest BCUT2D eigenvalue weighted by Crippen LogP contribution is -2.18. The molecule has 0 fully saturated rings. The van der Waals surface area contributed by atoms with E-state index in [0.29, 0.717) is 17.8 Å². The predicted octanol–water partition coefficient (Wildman–Crippen LogP) is 1.84. The lowest BCUT2D eigenvalue weighted by molar-refractivity contribution is 0.170. The van der Waals surface area contributed by atoms with Gasteiger partial charge in [-0.25, -0.2) is 0 Å². The van der Waals surface area contributed by atoms with E-state index < -0.39 is 0 Å². The number of methoxy groups -OCH3 is 2. The Hall–Kier alpha value is -2.43. The van der Waals surface area contributed by atoms with E-state index in [2.05, 4.69) is 4.99 Å². The lowest BCUT2D eigenvalue weighted by Gasteiger charge is -2.03. The van der Waals surface area contributed by atoms with Crippen molar-refractivity contribution in [3.8, 4) is 11.5 Å². The minimum absolute atomic E-state index is 0.440. The third-order valence-electron chi connectivity index (χ3n) is 2.70. The SMILES string of the molecule is COc1ccc(CN=c2cc(OC)ccn2O)cc1. The Kier molecular flexibility index (Phi) is 4.07. The average Bonchev–Trinajstić information content (AvgIpc) is 2.47. The zero-order valence-electron chi connectivity index (χ0n) is 10.9. The van der Waals surface area contributed by atoms with Crippen LogP contribution in [-0.2, 0) is 6.54 Å². The van der Waals surface area contributed by atoms with E-state index in [9.17, 15) is 5.21 Å². The number of pyridine rings is 1. The summed E-state index contributed by atoms with van der Waals surface area (Å²) in [6.45, 7) is 0.470. The van der Waals surface area contributed by atoms with Gasteiger partial charge < -0.3 is 14.7 Å². The summed E-state index contributed by atoms with van der Waals surface area (Å²) in [5, 5.41) is 9.64. The van der Waals surface area contributed by atoms with Gasteiger partial charge in [-0.3, -0.25) is 4.99 Å². The minimum atomic E-state index is 0.440. The number of hydrogen-bond acceptors (Lipinski definition) is 4. The summed E-state index contributed by atoms with van der Waals surface area (Å²) >= 11 is 0. The normalized spacial score (nSPS) is 11.4. The van der Waals surface area contributed by atoms with Crippen molar-refractivity contribution in [3.63, 3.8) is 0 Å². The monoisotopic (exact) mass is 260 g/mol. The van der Waals surface area contributed by atoms with Crippen molar-refractivity contribution in [2.24, 2.45) is 4.99 Å². The first kappa shape index (κ1) is 13.0. The fraction of sp³-hybridized carbons (Fsp3) is 0.214. The third kappa shape index (κ3) is 3.28. The van der Waals surface area contributed by atoms with Crippen molar-refractivity contribution in [3.05, 3.63) is 53.6 Å². The van der Waals surface area contributed by atoms with Crippen LogP contribution < -0.4 is 15.0 Å². The van der Waals surface area contributed by atoms with Crippen molar-refractivity contribution in [2.45, 2.75) is 6.54 Å². The van der Waals surface area contributed by atoms with Gasteiger partial charge in [-0.2, -0.15) is 4.73 Å². The number of nitrogens with zero attached hydrogens (tertiary/aromatic N) is 2. The summed E-state index contributed by atoms with van der Waals surface area (Å²) in [6.07, 6.45) is 1.49. The summed E-state index contributed by atoms with van der Waals surface area (Å²) < 4.78 is 11.1. The first-order valence-electron chi connectivity index (χ1n) is 5.82. The maximum Gasteiger partial charge on any atom is 0.167 e. The molecule has 5 heteroatoms. The Morgan fingerprint density at radius 2 is 1.74 bits per heavy atom. The van der Waals surface area contributed by atoms with Crippen molar-refractivity contribution >= 4 is 0 Å². The van der Waals surface area contributed by atoms with E-state index >= 15 is 0 Å². The molecule has 5 nitrogen and oxygen atoms in total. The van der Waals surface area contributed by atoms with Gasteiger partial charge in [0.05, 0.1) is 20.8 Å². The Labute approximate surface area is 111 Å². The van der Waals surface area contributed by atoms with E-state index in [1.165, 1.54) is 6.20 Å². The second-order valence-corrected chi connectivity index (χ2v) is 3.93. The smallest absolute Gasteiger partial charge is 0.167 e. The molecule has 0 unspecified atom stereocenters. The van der Waals surface area contributed by atoms with Crippen LogP contribution in [0.25, 0.3) is 0 Å². The molecule has 1 N–H and O–H groups in total. The van der Waals surface area contributed by atoms with Crippen LogP contribution in [-0.4, -0.2) is 24.2 Å². The molecule has 2 rings (SSSR count). The van der Waals surface area contributed by atoms with Crippen molar-refractivity contribution in [2.75, 3.05) is 14.2 Å². The van der Waals surface area contributed by atoms with Crippen LogP contribution in [0.1, 0.15) is 5.56 Å². The van der Waals surface area contributed by atoms with Crippen molar-refractivity contribution in [1.29, 1.82) is 0 Å². The van der Waals surface area contributed by atoms with Crippen LogP contribution in [0, 0.1) is 0 Å². The van der Waals surface area contributed by atoms with Gasteiger partial charge in [0.1, 0.15) is 11.5 Å². The fourth-order valence-corrected chi connectivity index (χ4v) is 1.61. The van der Waals surface area contributed by atoms with E-state index in [1.807, 2.05) is 24.3 Å². The molecule has 0 aliphatic heterocycles. The molecule has 2 aromatic rings. The van der Waals surface area contributed by atoms with Crippen molar-refractivity contribution < 1.29 is 14.7 Å². The highest BCUT2D eigenvalue weighted by Crippen LogP contribution is 2.11. The van der Waals surface area contributed by atoms with Crippen LogP contribution in [0.3, 0.4) is 0 Å². The van der Waals surface area contributed by atoms with Gasteiger partial charge in [0, 0.05) is 18.3 Å². The standard InChI is InChI=1S/C14H16N2O3/c1-18-12-5-3-11(4-6-12)10-15-14-9-13(19-2)7-8-16(14)17/h3-9,17H,10H2,1-2H3. The molecule has 0 radical (unpaired) electrons. The molecule has 0 amide bonds. The second kappa shape index (κ2) is 5.95. The number of benzene rings is 1. The molecular weight excluding hydrogens is 244 g/mol. The van der Waals surface area contributed by atoms with E-state index in [-0.39, 0.29) is 0 Å². The van der Waals surface area contributed by atoms with Gasteiger partial charge >= 0.3 is 0 Å². The van der Waals surface area contributed by atoms with Crippen LogP contribution in [0.4, 0.5) is 0 Å². The highest BCUT2D eigenvalue weighted by Gasteiger charge is 1.96. The molecule has 0 saturated heterocycles. The Morgan fingerprint density at radius 1 is 1.05 bits per heavy atom. The highest BCUT2D eigenvalue weighted by molar-refractivity contribution is 5.27. The second-order valence-electron chi connectivity index (χ2n) is 3.93. The molecule has 1 aromatic carbocycles. The maximum absolute atomic E-state index is 9.64. The van der Waals surface area contributed by atoms with Gasteiger partial charge in [0.2, 0.25) is 0 Å². The Balaban J connectivity index is 2.21. The Morgan fingerprint density at radius 3 is 2.37 bits per heavy atom. The van der Waals surface area contributed by atoms with Gasteiger partial charge in [-0.15, -0.1) is 0 Å². The van der Waals surface area contributed by atoms with Gasteiger partial charge in [0.15, 0.2) is 5.49 Å². The first-order valence-corrected chi connectivity index (χ1v) is 5.82. The molecule has 0 bridgehead atoms. The summed E-state index contributed by atoms with van der Waals surface area (Å²) in [5.41, 5.74) is 1.47. The average molecular weight is 260 g/mol. The molecule has 19 heavy (non-hydrogen) atoms. The van der Waals surface area contributed by atoms with Gasteiger partial charge in [-0.05, 0) is 17.7 Å². The Bertz CT molecular complexity index is 603. The zero-order chi connectivity index (χ0) is 13.7. The molecule has 0 aliphatic carbocycles. The highest BCUT2D eigenvalue weighted by atomic mass is 16.5. The maximum atomic E-state index is 9.64.